The summed E-state index contributed by atoms with van der Waals surface area (Å²) < 4.78 is 1.12. The molecule has 0 aliphatic carbocycles. The molecule has 1 aromatic heterocycles. The number of rotatable bonds is 2. The molecular weight excluding hydrogens is 154 g/mol. The van der Waals surface area contributed by atoms with Crippen molar-refractivity contribution in [2.45, 2.75) is 6.54 Å². The van der Waals surface area contributed by atoms with E-state index >= 15 is 0 Å². The molecule has 10 heavy (non-hydrogen) atoms. The molecule has 0 fully saturated rings. The number of aromatic hydroxyl groups is 1. The summed E-state index contributed by atoms with van der Waals surface area (Å²) in [5.41, 5.74) is 0. The van der Waals surface area contributed by atoms with Crippen molar-refractivity contribution >= 4 is 11.3 Å². The van der Waals surface area contributed by atoms with Crippen LogP contribution in [-0.2, 0) is 6.54 Å². The lowest BCUT2D eigenvalue weighted by molar-refractivity contribution is 0.265. The average Bonchev–Trinajstić information content (AvgIpc) is 2.20. The van der Waals surface area contributed by atoms with Crippen molar-refractivity contribution in [2.24, 2.45) is 0 Å². The maximum absolute atomic E-state index is 10.7. The van der Waals surface area contributed by atoms with Gasteiger partial charge < -0.3 is 10.2 Å². The number of hydrogen-bond acceptors (Lipinski definition) is 4. The van der Waals surface area contributed by atoms with Crippen molar-refractivity contribution in [1.82, 2.24) is 4.57 Å². The van der Waals surface area contributed by atoms with Crippen LogP contribution >= 0.6 is 11.3 Å². The van der Waals surface area contributed by atoms with E-state index in [4.69, 9.17) is 10.2 Å². The zero-order valence-electron chi connectivity index (χ0n) is 5.15. The van der Waals surface area contributed by atoms with Crippen molar-refractivity contribution in [1.29, 1.82) is 0 Å². The van der Waals surface area contributed by atoms with Gasteiger partial charge in [-0.15, -0.1) is 0 Å². The summed E-state index contributed by atoms with van der Waals surface area (Å²) >= 11 is 0.917. The summed E-state index contributed by atoms with van der Waals surface area (Å²) in [6, 6.07) is 0. The molecule has 0 saturated heterocycles. The molecule has 0 aromatic carbocycles. The number of aliphatic hydroxyl groups is 1. The average molecular weight is 161 g/mol. The minimum Gasteiger partial charge on any atom is -0.494 e. The summed E-state index contributed by atoms with van der Waals surface area (Å²) in [5.74, 6) is -0.0796. The van der Waals surface area contributed by atoms with Crippen molar-refractivity contribution < 1.29 is 10.2 Å². The second-order valence-corrected chi connectivity index (χ2v) is 2.56. The summed E-state index contributed by atoms with van der Waals surface area (Å²) in [5, 5.41) is 18.7. The normalized spacial score (nSPS) is 10.1. The van der Waals surface area contributed by atoms with Gasteiger partial charge in [-0.2, -0.15) is 0 Å². The largest absolute Gasteiger partial charge is 0.494 e. The monoisotopic (exact) mass is 161 g/mol. The molecule has 0 aliphatic rings. The van der Waals surface area contributed by atoms with Gasteiger partial charge in [0.25, 0.3) is 0 Å². The van der Waals surface area contributed by atoms with Crippen molar-refractivity contribution in [3.8, 4) is 5.88 Å². The fourth-order valence-electron chi connectivity index (χ4n) is 0.630. The van der Waals surface area contributed by atoms with Crippen LogP contribution < -0.4 is 4.87 Å². The second kappa shape index (κ2) is 2.85. The Morgan fingerprint density at radius 3 is 2.80 bits per heavy atom. The predicted molar refractivity (Wildman–Crippen MR) is 37.3 cm³/mol. The molecule has 5 heteroatoms. The van der Waals surface area contributed by atoms with E-state index in [1.807, 2.05) is 0 Å². The van der Waals surface area contributed by atoms with Crippen molar-refractivity contribution in [3.05, 3.63) is 15.0 Å². The molecule has 0 bridgehead atoms. The first-order valence-electron chi connectivity index (χ1n) is 2.74. The lowest BCUT2D eigenvalue weighted by Crippen LogP contribution is -2.14. The third-order valence-electron chi connectivity index (χ3n) is 1.09. The van der Waals surface area contributed by atoms with Gasteiger partial charge in [-0.3, -0.25) is 9.36 Å². The highest BCUT2D eigenvalue weighted by atomic mass is 32.1. The zero-order valence-corrected chi connectivity index (χ0v) is 5.97. The standard InChI is InChI=1S/C5H7NO3S/c7-2-1-6-4(8)3-10-5(6)9/h3,7-8H,1-2H2. The summed E-state index contributed by atoms with van der Waals surface area (Å²) in [6.07, 6.45) is 0. The van der Waals surface area contributed by atoms with E-state index in [2.05, 4.69) is 0 Å². The molecule has 0 radical (unpaired) electrons. The van der Waals surface area contributed by atoms with Crippen LogP contribution in [0.1, 0.15) is 0 Å². The maximum Gasteiger partial charge on any atom is 0.310 e. The lowest BCUT2D eigenvalue weighted by atomic mass is 10.6. The van der Waals surface area contributed by atoms with Gasteiger partial charge in [-0.25, -0.2) is 0 Å². The number of nitrogens with zero attached hydrogens (tertiary/aromatic N) is 1. The Bertz CT molecular complexity index is 264. The van der Waals surface area contributed by atoms with E-state index < -0.39 is 0 Å². The highest BCUT2D eigenvalue weighted by molar-refractivity contribution is 7.07. The van der Waals surface area contributed by atoms with Gasteiger partial charge in [0.05, 0.1) is 18.5 Å². The fourth-order valence-corrected chi connectivity index (χ4v) is 1.28. The van der Waals surface area contributed by atoms with Gasteiger partial charge in [0.2, 0.25) is 5.88 Å². The molecule has 1 heterocycles. The Balaban J connectivity index is 2.99. The summed E-state index contributed by atoms with van der Waals surface area (Å²) in [6.45, 7) is 0.0262. The summed E-state index contributed by atoms with van der Waals surface area (Å²) in [4.78, 5) is 10.5. The number of hydrogen-bond donors (Lipinski definition) is 2. The van der Waals surface area contributed by atoms with E-state index in [-0.39, 0.29) is 23.9 Å². The van der Waals surface area contributed by atoms with Gasteiger partial charge in [0.1, 0.15) is 0 Å². The van der Waals surface area contributed by atoms with Crippen LogP contribution in [0.3, 0.4) is 0 Å². The van der Waals surface area contributed by atoms with Gasteiger partial charge in [0, 0.05) is 0 Å². The first kappa shape index (κ1) is 7.30. The predicted octanol–water partition coefficient (Wildman–Crippen LogP) is -0.392. The van der Waals surface area contributed by atoms with Gasteiger partial charge in [0.15, 0.2) is 0 Å². The minimum atomic E-state index is -0.244. The molecule has 0 amide bonds. The van der Waals surface area contributed by atoms with Crippen LogP contribution in [0, 0.1) is 0 Å². The van der Waals surface area contributed by atoms with E-state index in [9.17, 15) is 4.79 Å². The van der Waals surface area contributed by atoms with Crippen molar-refractivity contribution in [3.63, 3.8) is 0 Å². The molecule has 0 aliphatic heterocycles. The molecule has 0 atom stereocenters. The van der Waals surface area contributed by atoms with Crippen molar-refractivity contribution in [2.75, 3.05) is 6.61 Å². The smallest absolute Gasteiger partial charge is 0.310 e. The Hall–Kier alpha value is -0.810. The Morgan fingerprint density at radius 2 is 2.40 bits per heavy atom. The van der Waals surface area contributed by atoms with Gasteiger partial charge in [-0.05, 0) is 0 Å². The van der Waals surface area contributed by atoms with Gasteiger partial charge >= 0.3 is 4.87 Å². The van der Waals surface area contributed by atoms with Crippen LogP contribution in [0.15, 0.2) is 10.2 Å². The Morgan fingerprint density at radius 1 is 1.70 bits per heavy atom. The Kier molecular flexibility index (Phi) is 2.08. The number of thiazole rings is 1. The lowest BCUT2D eigenvalue weighted by Gasteiger charge is -1.96. The zero-order chi connectivity index (χ0) is 7.56. The van der Waals surface area contributed by atoms with Crippen LogP contribution in [0.4, 0.5) is 0 Å². The molecule has 1 aromatic rings. The summed E-state index contributed by atoms with van der Waals surface area (Å²) in [7, 11) is 0. The highest BCUT2D eigenvalue weighted by Crippen LogP contribution is 2.07. The van der Waals surface area contributed by atoms with E-state index in [1.54, 1.807) is 0 Å². The Labute approximate surface area is 61.0 Å². The third-order valence-corrected chi connectivity index (χ3v) is 1.84. The molecule has 1 rings (SSSR count). The van der Waals surface area contributed by atoms with E-state index in [0.717, 1.165) is 15.9 Å². The topological polar surface area (TPSA) is 62.5 Å². The molecular formula is C5H7NO3S. The van der Waals surface area contributed by atoms with Crippen LogP contribution in [-0.4, -0.2) is 21.4 Å². The molecule has 56 valence electrons. The molecule has 4 nitrogen and oxygen atoms in total. The first-order valence-corrected chi connectivity index (χ1v) is 3.62. The van der Waals surface area contributed by atoms with Crippen LogP contribution in [0.5, 0.6) is 5.88 Å². The SMILES string of the molecule is O=c1scc(O)n1CCO. The number of aliphatic hydroxyl groups excluding tert-OH is 1. The minimum absolute atomic E-state index is 0.0796. The van der Waals surface area contributed by atoms with Gasteiger partial charge in [-0.1, -0.05) is 11.3 Å². The third kappa shape index (κ3) is 1.19. The number of aromatic nitrogens is 1. The molecule has 0 spiro atoms. The quantitative estimate of drug-likeness (QED) is 0.620. The van der Waals surface area contributed by atoms with E-state index in [0.29, 0.717) is 0 Å². The molecule has 0 unspecified atom stereocenters. The van der Waals surface area contributed by atoms with E-state index in [1.165, 1.54) is 5.38 Å². The van der Waals surface area contributed by atoms with Crippen LogP contribution in [0.25, 0.3) is 0 Å². The maximum atomic E-state index is 10.7. The highest BCUT2D eigenvalue weighted by Gasteiger charge is 2.01. The van der Waals surface area contributed by atoms with Crippen LogP contribution in [0.2, 0.25) is 0 Å². The second-order valence-electron chi connectivity index (χ2n) is 1.74. The fraction of sp³-hybridized carbons (Fsp3) is 0.400. The molecule has 0 saturated carbocycles. The first-order chi connectivity index (χ1) is 4.75. The molecule has 2 N–H and O–H groups in total.